The van der Waals surface area contributed by atoms with Gasteiger partial charge >= 0.3 is 0 Å². The molecule has 3 aromatic rings. The summed E-state index contributed by atoms with van der Waals surface area (Å²) < 4.78 is 1.03. The van der Waals surface area contributed by atoms with Crippen LogP contribution in [0.1, 0.15) is 20.4 Å². The second-order valence-corrected chi connectivity index (χ2v) is 7.27. The number of rotatable bonds is 3. The first-order valence-electron chi connectivity index (χ1n) is 7.15. The molecule has 0 radical (unpaired) electrons. The Balaban J connectivity index is 1.93. The zero-order chi connectivity index (χ0) is 16.4. The number of nitrogens with one attached hydrogen (secondary N) is 1. The average molecular weight is 387 g/mol. The summed E-state index contributed by atoms with van der Waals surface area (Å²) in [6.07, 6.45) is 0. The molecule has 2 aromatic carbocycles. The van der Waals surface area contributed by atoms with Gasteiger partial charge < -0.3 is 5.32 Å². The van der Waals surface area contributed by atoms with Gasteiger partial charge in [-0.05, 0) is 37.6 Å². The van der Waals surface area contributed by atoms with Gasteiger partial charge in [0.15, 0.2) is 0 Å². The Morgan fingerprint density at radius 3 is 2.43 bits per heavy atom. The molecule has 0 fully saturated rings. The highest BCUT2D eigenvalue weighted by molar-refractivity contribution is 9.10. The summed E-state index contributed by atoms with van der Waals surface area (Å²) in [6, 6.07) is 15.8. The fourth-order valence-corrected chi connectivity index (χ4v) is 3.47. The first-order valence-corrected chi connectivity index (χ1v) is 8.76. The molecule has 0 bridgehead atoms. The van der Waals surface area contributed by atoms with Crippen LogP contribution in [0.5, 0.6) is 0 Å². The van der Waals surface area contributed by atoms with Gasteiger partial charge in [-0.25, -0.2) is 4.98 Å². The Morgan fingerprint density at radius 1 is 1.09 bits per heavy atom. The third kappa shape index (κ3) is 3.51. The highest BCUT2D eigenvalue weighted by Crippen LogP contribution is 2.30. The summed E-state index contributed by atoms with van der Waals surface area (Å²) in [5.41, 5.74) is 3.62. The number of amides is 1. The van der Waals surface area contributed by atoms with Crippen LogP contribution < -0.4 is 5.32 Å². The molecular formula is C18H15BrN2OS. The first kappa shape index (κ1) is 15.9. The van der Waals surface area contributed by atoms with Gasteiger partial charge in [-0.15, -0.1) is 11.3 Å². The Hall–Kier alpha value is -1.98. The number of hydrogen-bond acceptors (Lipinski definition) is 3. The van der Waals surface area contributed by atoms with Crippen molar-refractivity contribution in [3.05, 3.63) is 68.6 Å². The number of nitrogens with zero attached hydrogens (tertiary/aromatic N) is 1. The fourth-order valence-electron chi connectivity index (χ4n) is 2.39. The molecule has 23 heavy (non-hydrogen) atoms. The SMILES string of the molecule is Cc1nc(C)c(C(=O)Nc2ccccc2-c2ccc(Br)cc2)s1. The molecule has 1 heterocycles. The molecule has 0 unspecified atom stereocenters. The van der Waals surface area contributed by atoms with Gasteiger partial charge in [0.2, 0.25) is 0 Å². The normalized spacial score (nSPS) is 10.6. The lowest BCUT2D eigenvalue weighted by Crippen LogP contribution is -2.12. The van der Waals surface area contributed by atoms with E-state index < -0.39 is 0 Å². The molecule has 1 N–H and O–H groups in total. The molecule has 3 rings (SSSR count). The van der Waals surface area contributed by atoms with Gasteiger partial charge in [-0.3, -0.25) is 4.79 Å². The smallest absolute Gasteiger partial charge is 0.267 e. The van der Waals surface area contributed by atoms with Gasteiger partial charge in [0.25, 0.3) is 5.91 Å². The molecule has 0 saturated heterocycles. The van der Waals surface area contributed by atoms with Crippen molar-refractivity contribution in [3.8, 4) is 11.1 Å². The van der Waals surface area contributed by atoms with Gasteiger partial charge in [0.05, 0.1) is 10.7 Å². The average Bonchev–Trinajstić information content (AvgIpc) is 2.87. The minimum atomic E-state index is -0.113. The quantitative estimate of drug-likeness (QED) is 0.650. The Bertz CT molecular complexity index is 856. The number of para-hydroxylation sites is 1. The lowest BCUT2D eigenvalue weighted by molar-refractivity contribution is 0.103. The Morgan fingerprint density at radius 2 is 1.78 bits per heavy atom. The van der Waals surface area contributed by atoms with Crippen molar-refractivity contribution in [1.29, 1.82) is 0 Å². The highest BCUT2D eigenvalue weighted by atomic mass is 79.9. The van der Waals surface area contributed by atoms with Gasteiger partial charge in [0, 0.05) is 15.7 Å². The number of halogens is 1. The van der Waals surface area contributed by atoms with Crippen LogP contribution in [0.2, 0.25) is 0 Å². The van der Waals surface area contributed by atoms with E-state index in [1.807, 2.05) is 62.4 Å². The Kier molecular flexibility index (Phi) is 4.59. The molecule has 1 amide bonds. The molecule has 0 saturated carbocycles. The first-order chi connectivity index (χ1) is 11.0. The molecule has 0 atom stereocenters. The summed E-state index contributed by atoms with van der Waals surface area (Å²) in [5, 5.41) is 3.91. The summed E-state index contributed by atoms with van der Waals surface area (Å²) in [6.45, 7) is 3.77. The topological polar surface area (TPSA) is 42.0 Å². The second kappa shape index (κ2) is 6.64. The van der Waals surface area contributed by atoms with Crippen molar-refractivity contribution in [2.24, 2.45) is 0 Å². The van der Waals surface area contributed by atoms with Crippen LogP contribution in [0.25, 0.3) is 11.1 Å². The standard InChI is InChI=1S/C18H15BrN2OS/c1-11-17(23-12(2)20-11)18(22)21-16-6-4-3-5-15(16)13-7-9-14(19)10-8-13/h3-10H,1-2H3,(H,21,22). The van der Waals surface area contributed by atoms with Crippen LogP contribution in [-0.4, -0.2) is 10.9 Å². The molecule has 1 aromatic heterocycles. The lowest BCUT2D eigenvalue weighted by atomic mass is 10.0. The predicted molar refractivity (Wildman–Crippen MR) is 99.1 cm³/mol. The van der Waals surface area contributed by atoms with E-state index in [9.17, 15) is 4.79 Å². The molecular weight excluding hydrogens is 372 g/mol. The predicted octanol–water partition coefficient (Wildman–Crippen LogP) is 5.44. The van der Waals surface area contributed by atoms with Crippen molar-refractivity contribution in [2.45, 2.75) is 13.8 Å². The van der Waals surface area contributed by atoms with E-state index >= 15 is 0 Å². The number of carbonyl (C=O) groups is 1. The van der Waals surface area contributed by atoms with E-state index in [-0.39, 0.29) is 5.91 Å². The maximum atomic E-state index is 12.5. The van der Waals surface area contributed by atoms with Crippen LogP contribution in [-0.2, 0) is 0 Å². The zero-order valence-electron chi connectivity index (χ0n) is 12.8. The highest BCUT2D eigenvalue weighted by Gasteiger charge is 2.15. The molecule has 0 aliphatic heterocycles. The minimum Gasteiger partial charge on any atom is -0.321 e. The summed E-state index contributed by atoms with van der Waals surface area (Å²) in [4.78, 5) is 17.5. The number of anilines is 1. The van der Waals surface area contributed by atoms with Crippen LogP contribution >= 0.6 is 27.3 Å². The maximum absolute atomic E-state index is 12.5. The third-order valence-corrected chi connectivity index (χ3v) is 5.04. The monoisotopic (exact) mass is 386 g/mol. The summed E-state index contributed by atoms with van der Waals surface area (Å²) in [7, 11) is 0. The lowest BCUT2D eigenvalue weighted by Gasteiger charge is -2.11. The number of aromatic nitrogens is 1. The number of carbonyl (C=O) groups excluding carboxylic acids is 1. The van der Waals surface area contributed by atoms with Gasteiger partial charge in [0.1, 0.15) is 4.88 Å². The molecule has 5 heteroatoms. The van der Waals surface area contributed by atoms with Crippen molar-refractivity contribution in [3.63, 3.8) is 0 Å². The second-order valence-electron chi connectivity index (χ2n) is 5.15. The third-order valence-electron chi connectivity index (χ3n) is 3.44. The summed E-state index contributed by atoms with van der Waals surface area (Å²) >= 11 is 4.86. The van der Waals surface area contributed by atoms with Crippen molar-refractivity contribution >= 4 is 38.9 Å². The summed E-state index contributed by atoms with van der Waals surface area (Å²) in [5.74, 6) is -0.113. The molecule has 0 aliphatic carbocycles. The van der Waals surface area contributed by atoms with Crippen molar-refractivity contribution in [2.75, 3.05) is 5.32 Å². The minimum absolute atomic E-state index is 0.113. The van der Waals surface area contributed by atoms with Gasteiger partial charge in [-0.1, -0.05) is 46.3 Å². The van der Waals surface area contributed by atoms with Crippen LogP contribution in [0.15, 0.2) is 53.0 Å². The van der Waals surface area contributed by atoms with E-state index in [0.717, 1.165) is 32.0 Å². The van der Waals surface area contributed by atoms with Crippen molar-refractivity contribution in [1.82, 2.24) is 4.98 Å². The molecule has 3 nitrogen and oxygen atoms in total. The van der Waals surface area contributed by atoms with Crippen LogP contribution in [0.3, 0.4) is 0 Å². The molecule has 0 aliphatic rings. The zero-order valence-corrected chi connectivity index (χ0v) is 15.2. The van der Waals surface area contributed by atoms with Crippen LogP contribution in [0.4, 0.5) is 5.69 Å². The van der Waals surface area contributed by atoms with E-state index in [2.05, 4.69) is 26.2 Å². The molecule has 116 valence electrons. The van der Waals surface area contributed by atoms with E-state index in [1.54, 1.807) is 0 Å². The largest absolute Gasteiger partial charge is 0.321 e. The molecule has 0 spiro atoms. The van der Waals surface area contributed by atoms with E-state index in [0.29, 0.717) is 4.88 Å². The Labute approximate surface area is 147 Å². The number of hydrogen-bond donors (Lipinski definition) is 1. The van der Waals surface area contributed by atoms with Gasteiger partial charge in [-0.2, -0.15) is 0 Å². The fraction of sp³-hybridized carbons (Fsp3) is 0.111. The maximum Gasteiger partial charge on any atom is 0.267 e. The van der Waals surface area contributed by atoms with E-state index in [1.165, 1.54) is 11.3 Å². The number of thiazole rings is 1. The number of benzene rings is 2. The number of aryl methyl sites for hydroxylation is 2. The van der Waals surface area contributed by atoms with Crippen LogP contribution in [0, 0.1) is 13.8 Å². The van der Waals surface area contributed by atoms with E-state index in [4.69, 9.17) is 0 Å². The van der Waals surface area contributed by atoms with Crippen molar-refractivity contribution < 1.29 is 4.79 Å².